The van der Waals surface area contributed by atoms with Crippen molar-refractivity contribution in [1.82, 2.24) is 15.1 Å². The number of halogens is 1. The van der Waals surface area contributed by atoms with Crippen molar-refractivity contribution in [2.45, 2.75) is 18.8 Å². The van der Waals surface area contributed by atoms with E-state index in [4.69, 9.17) is 5.10 Å². The van der Waals surface area contributed by atoms with E-state index in [2.05, 4.69) is 45.5 Å². The van der Waals surface area contributed by atoms with Crippen molar-refractivity contribution in [2.75, 3.05) is 13.1 Å². The minimum absolute atomic E-state index is 0.554. The highest BCUT2D eigenvalue weighted by Crippen LogP contribution is 2.36. The highest BCUT2D eigenvalue weighted by atomic mass is 79.9. The molecule has 1 fully saturated rings. The summed E-state index contributed by atoms with van der Waals surface area (Å²) in [5.74, 6) is 0.554. The van der Waals surface area contributed by atoms with Gasteiger partial charge in [-0.25, -0.2) is 0 Å². The Balaban J connectivity index is 2.00. The van der Waals surface area contributed by atoms with E-state index in [1.807, 2.05) is 17.8 Å². The largest absolute Gasteiger partial charge is 0.316 e. The number of hydrogen-bond acceptors (Lipinski definition) is 2. The van der Waals surface area contributed by atoms with E-state index in [0.29, 0.717) is 5.92 Å². The number of aromatic nitrogens is 2. The third-order valence-corrected chi connectivity index (χ3v) is 4.54. The summed E-state index contributed by atoms with van der Waals surface area (Å²) in [5.41, 5.74) is 3.52. The molecule has 0 aliphatic carbocycles. The predicted molar refractivity (Wildman–Crippen MR) is 81.2 cm³/mol. The van der Waals surface area contributed by atoms with Gasteiger partial charge in [-0.2, -0.15) is 5.10 Å². The molecule has 0 bridgehead atoms. The second kappa shape index (κ2) is 5.47. The van der Waals surface area contributed by atoms with Gasteiger partial charge in [0, 0.05) is 25.1 Å². The molecule has 0 saturated carbocycles. The van der Waals surface area contributed by atoms with E-state index in [9.17, 15) is 0 Å². The number of hydrogen-bond donors (Lipinski definition) is 1. The van der Waals surface area contributed by atoms with Crippen molar-refractivity contribution < 1.29 is 0 Å². The van der Waals surface area contributed by atoms with E-state index in [-0.39, 0.29) is 0 Å². The molecule has 100 valence electrons. The molecule has 3 nitrogen and oxygen atoms in total. The van der Waals surface area contributed by atoms with Crippen molar-refractivity contribution in [3.05, 3.63) is 40.5 Å². The third kappa shape index (κ3) is 2.47. The van der Waals surface area contributed by atoms with Crippen LogP contribution >= 0.6 is 15.9 Å². The molecule has 1 saturated heterocycles. The molecule has 0 spiro atoms. The van der Waals surface area contributed by atoms with Gasteiger partial charge in [-0.15, -0.1) is 0 Å². The van der Waals surface area contributed by atoms with Crippen molar-refractivity contribution in [3.63, 3.8) is 0 Å². The zero-order chi connectivity index (χ0) is 13.2. The van der Waals surface area contributed by atoms with Gasteiger partial charge in [0.2, 0.25) is 0 Å². The summed E-state index contributed by atoms with van der Waals surface area (Å²) < 4.78 is 3.18. The fraction of sp³-hybridized carbons (Fsp3) is 0.400. The summed E-state index contributed by atoms with van der Waals surface area (Å²) >= 11 is 3.76. The lowest BCUT2D eigenvalue weighted by Crippen LogP contribution is -2.29. The Bertz CT molecular complexity index is 556. The fourth-order valence-electron chi connectivity index (χ4n) is 2.82. The van der Waals surface area contributed by atoms with Crippen molar-refractivity contribution >= 4 is 15.9 Å². The lowest BCUT2D eigenvalue weighted by atomic mass is 9.95. The van der Waals surface area contributed by atoms with Crippen LogP contribution in [0.1, 0.15) is 24.5 Å². The van der Waals surface area contributed by atoms with E-state index in [1.165, 1.54) is 24.1 Å². The van der Waals surface area contributed by atoms with E-state index in [0.717, 1.165) is 23.3 Å². The molecular weight excluding hydrogens is 302 g/mol. The number of nitrogens with one attached hydrogen (secondary N) is 1. The summed E-state index contributed by atoms with van der Waals surface area (Å²) in [7, 11) is 2.04. The molecule has 1 unspecified atom stereocenters. The van der Waals surface area contributed by atoms with Crippen LogP contribution in [0.25, 0.3) is 11.3 Å². The lowest BCUT2D eigenvalue weighted by Gasteiger charge is -2.23. The Morgan fingerprint density at radius 3 is 2.79 bits per heavy atom. The Morgan fingerprint density at radius 1 is 1.32 bits per heavy atom. The summed E-state index contributed by atoms with van der Waals surface area (Å²) in [4.78, 5) is 0. The highest BCUT2D eigenvalue weighted by molar-refractivity contribution is 9.10. The number of rotatable bonds is 2. The van der Waals surface area contributed by atoms with Gasteiger partial charge in [-0.1, -0.05) is 30.3 Å². The molecule has 3 rings (SSSR count). The maximum Gasteiger partial charge on any atom is 0.107 e. The standard InChI is InChI=1S/C15H18BrN3/c1-19-15(12-8-5-9-17-10-12)13(16)14(18-19)11-6-3-2-4-7-11/h2-4,6-7,12,17H,5,8-10H2,1H3. The van der Waals surface area contributed by atoms with Crippen LogP contribution in [0.4, 0.5) is 0 Å². The van der Waals surface area contributed by atoms with Crippen LogP contribution in [0.2, 0.25) is 0 Å². The third-order valence-electron chi connectivity index (χ3n) is 3.76. The summed E-state index contributed by atoms with van der Waals surface area (Å²) in [6, 6.07) is 10.4. The van der Waals surface area contributed by atoms with Crippen LogP contribution in [-0.4, -0.2) is 22.9 Å². The van der Waals surface area contributed by atoms with Gasteiger partial charge in [-0.3, -0.25) is 4.68 Å². The summed E-state index contributed by atoms with van der Waals surface area (Å²) in [5, 5.41) is 8.17. The Morgan fingerprint density at radius 2 is 2.11 bits per heavy atom. The quantitative estimate of drug-likeness (QED) is 0.920. The molecule has 1 atom stereocenters. The number of aryl methyl sites for hydroxylation is 1. The second-order valence-electron chi connectivity index (χ2n) is 5.08. The Labute approximate surface area is 122 Å². The van der Waals surface area contributed by atoms with Crippen LogP contribution in [0, 0.1) is 0 Å². The van der Waals surface area contributed by atoms with Crippen LogP contribution in [0.5, 0.6) is 0 Å². The van der Waals surface area contributed by atoms with Gasteiger partial charge in [0.1, 0.15) is 5.69 Å². The molecular formula is C15H18BrN3. The van der Waals surface area contributed by atoms with Crippen LogP contribution in [0.3, 0.4) is 0 Å². The Kier molecular flexibility index (Phi) is 3.71. The number of nitrogens with zero attached hydrogens (tertiary/aromatic N) is 2. The SMILES string of the molecule is Cn1nc(-c2ccccc2)c(Br)c1C1CCCNC1. The first kappa shape index (κ1) is 12.9. The first-order chi connectivity index (χ1) is 9.27. The molecule has 2 aromatic rings. The van der Waals surface area contributed by atoms with Crippen molar-refractivity contribution in [3.8, 4) is 11.3 Å². The average Bonchev–Trinajstić information content (AvgIpc) is 2.76. The van der Waals surface area contributed by atoms with Crippen molar-refractivity contribution in [2.24, 2.45) is 7.05 Å². The normalized spacial score (nSPS) is 19.6. The van der Waals surface area contributed by atoms with E-state index >= 15 is 0 Å². The molecule has 0 radical (unpaired) electrons. The molecule has 1 aliphatic rings. The van der Waals surface area contributed by atoms with Crippen LogP contribution in [-0.2, 0) is 7.05 Å². The van der Waals surface area contributed by atoms with Crippen molar-refractivity contribution in [1.29, 1.82) is 0 Å². The zero-order valence-corrected chi connectivity index (χ0v) is 12.7. The molecule has 4 heteroatoms. The molecule has 2 heterocycles. The number of piperidine rings is 1. The first-order valence-electron chi connectivity index (χ1n) is 6.76. The van der Waals surface area contributed by atoms with Gasteiger partial charge < -0.3 is 5.32 Å². The van der Waals surface area contributed by atoms with E-state index < -0.39 is 0 Å². The number of benzene rings is 1. The first-order valence-corrected chi connectivity index (χ1v) is 7.55. The zero-order valence-electron chi connectivity index (χ0n) is 11.1. The Hall–Kier alpha value is -1.13. The average molecular weight is 320 g/mol. The van der Waals surface area contributed by atoms with Gasteiger partial charge in [-0.05, 0) is 35.3 Å². The topological polar surface area (TPSA) is 29.9 Å². The van der Waals surface area contributed by atoms with Gasteiger partial charge in [0.25, 0.3) is 0 Å². The lowest BCUT2D eigenvalue weighted by molar-refractivity contribution is 0.440. The summed E-state index contributed by atoms with van der Waals surface area (Å²) in [6.45, 7) is 2.18. The minimum Gasteiger partial charge on any atom is -0.316 e. The van der Waals surface area contributed by atoms with Gasteiger partial charge in [0.05, 0.1) is 10.2 Å². The second-order valence-corrected chi connectivity index (χ2v) is 5.87. The van der Waals surface area contributed by atoms with Gasteiger partial charge in [0.15, 0.2) is 0 Å². The molecule has 1 aliphatic heterocycles. The fourth-order valence-corrected chi connectivity index (χ4v) is 3.71. The highest BCUT2D eigenvalue weighted by Gasteiger charge is 2.24. The molecule has 1 aromatic heterocycles. The monoisotopic (exact) mass is 319 g/mol. The van der Waals surface area contributed by atoms with Gasteiger partial charge >= 0.3 is 0 Å². The maximum absolute atomic E-state index is 4.70. The molecule has 0 amide bonds. The van der Waals surface area contributed by atoms with Crippen LogP contribution in [0.15, 0.2) is 34.8 Å². The molecule has 19 heavy (non-hydrogen) atoms. The molecule has 1 N–H and O–H groups in total. The predicted octanol–water partition coefficient (Wildman–Crippen LogP) is 3.32. The molecule has 1 aromatic carbocycles. The smallest absolute Gasteiger partial charge is 0.107 e. The van der Waals surface area contributed by atoms with E-state index in [1.54, 1.807) is 0 Å². The van der Waals surface area contributed by atoms with Crippen LogP contribution < -0.4 is 5.32 Å². The minimum atomic E-state index is 0.554. The maximum atomic E-state index is 4.70. The summed E-state index contributed by atoms with van der Waals surface area (Å²) in [6.07, 6.45) is 2.47.